The Labute approximate surface area is 233 Å². The summed E-state index contributed by atoms with van der Waals surface area (Å²) in [7, 11) is 3.39. The second-order valence-electron chi connectivity index (χ2n) is 11.3. The molecule has 0 radical (unpaired) electrons. The summed E-state index contributed by atoms with van der Waals surface area (Å²) in [5.74, 6) is 3.58. The molecular formula is C32H44N2O5. The molecular weight excluding hydrogens is 492 g/mol. The molecule has 2 aromatic rings. The van der Waals surface area contributed by atoms with Crippen molar-refractivity contribution >= 4 is 5.91 Å². The van der Waals surface area contributed by atoms with Gasteiger partial charge in [-0.15, -0.1) is 0 Å². The van der Waals surface area contributed by atoms with Gasteiger partial charge in [-0.1, -0.05) is 37.6 Å². The highest BCUT2D eigenvalue weighted by atomic mass is 16.5. The topological polar surface area (TPSA) is 60.5 Å². The quantitative estimate of drug-likeness (QED) is 0.320. The van der Waals surface area contributed by atoms with Crippen molar-refractivity contribution in [1.82, 2.24) is 9.80 Å². The van der Waals surface area contributed by atoms with Crippen LogP contribution in [0.4, 0.5) is 0 Å². The lowest BCUT2D eigenvalue weighted by Crippen LogP contribution is -2.45. The van der Waals surface area contributed by atoms with E-state index in [0.29, 0.717) is 31.6 Å². The van der Waals surface area contributed by atoms with E-state index in [1.54, 1.807) is 14.2 Å². The van der Waals surface area contributed by atoms with E-state index in [4.69, 9.17) is 18.9 Å². The van der Waals surface area contributed by atoms with E-state index in [1.807, 2.05) is 24.3 Å². The van der Waals surface area contributed by atoms with Crippen molar-refractivity contribution in [3.63, 3.8) is 0 Å². The van der Waals surface area contributed by atoms with Crippen molar-refractivity contribution in [2.45, 2.75) is 56.9 Å². The van der Waals surface area contributed by atoms with E-state index in [9.17, 15) is 4.79 Å². The van der Waals surface area contributed by atoms with Gasteiger partial charge >= 0.3 is 0 Å². The lowest BCUT2D eigenvalue weighted by molar-refractivity contribution is -0.133. The standard InChI is InChI=1S/C32H44N2O5/c1-4-5-14-33(15-8-16-36-2)31(35)22-34-21-26(24-11-12-28-25(18-24)13-17-38-28)19-32(34)20-27(32)23-39-30-10-7-6-9-29(30)37-3/h6-7,9-12,18,26-27H,4-5,8,13-17,19-23H2,1-3H3/t26-,27?,32?/m1/s1. The maximum atomic E-state index is 13.7. The number of nitrogens with zero attached hydrogens (tertiary/aromatic N) is 2. The van der Waals surface area contributed by atoms with E-state index < -0.39 is 0 Å². The lowest BCUT2D eigenvalue weighted by atomic mass is 9.93. The minimum absolute atomic E-state index is 0.000806. The molecule has 0 aromatic heterocycles. The van der Waals surface area contributed by atoms with Crippen molar-refractivity contribution < 1.29 is 23.7 Å². The van der Waals surface area contributed by atoms with Gasteiger partial charge in [0.1, 0.15) is 5.75 Å². The first-order valence-electron chi connectivity index (χ1n) is 14.6. The molecule has 2 fully saturated rings. The highest BCUT2D eigenvalue weighted by molar-refractivity contribution is 5.78. The molecule has 0 bridgehead atoms. The van der Waals surface area contributed by atoms with Crippen molar-refractivity contribution in [3.05, 3.63) is 53.6 Å². The largest absolute Gasteiger partial charge is 0.493 e. The number of hydrogen-bond donors (Lipinski definition) is 0. The summed E-state index contributed by atoms with van der Waals surface area (Å²) < 4.78 is 22.8. The van der Waals surface area contributed by atoms with Gasteiger partial charge in [-0.25, -0.2) is 0 Å². The third kappa shape index (κ3) is 6.20. The molecule has 2 aromatic carbocycles. The Morgan fingerprint density at radius 2 is 1.92 bits per heavy atom. The summed E-state index contributed by atoms with van der Waals surface area (Å²) in [5, 5.41) is 0. The average Bonchev–Trinajstić information content (AvgIpc) is 3.26. The summed E-state index contributed by atoms with van der Waals surface area (Å²) in [5.41, 5.74) is 2.68. The van der Waals surface area contributed by atoms with Crippen molar-refractivity contribution in [2.24, 2.45) is 5.92 Å². The number of rotatable bonds is 14. The predicted molar refractivity (Wildman–Crippen MR) is 152 cm³/mol. The molecule has 1 saturated carbocycles. The second kappa shape index (κ2) is 12.6. The number of hydrogen-bond acceptors (Lipinski definition) is 6. The Morgan fingerprint density at radius 3 is 2.72 bits per heavy atom. The number of ether oxygens (including phenoxy) is 4. The number of unbranched alkanes of at least 4 members (excludes halogenated alkanes) is 1. The van der Waals surface area contributed by atoms with Crippen LogP contribution in [0.3, 0.4) is 0 Å². The van der Waals surface area contributed by atoms with Gasteiger partial charge in [0.15, 0.2) is 11.5 Å². The Morgan fingerprint density at radius 1 is 1.10 bits per heavy atom. The molecule has 2 heterocycles. The molecule has 1 aliphatic carbocycles. The van der Waals surface area contributed by atoms with Gasteiger partial charge < -0.3 is 23.8 Å². The second-order valence-corrected chi connectivity index (χ2v) is 11.3. The predicted octanol–water partition coefficient (Wildman–Crippen LogP) is 4.92. The number of para-hydroxylation sites is 2. The molecule has 2 unspecified atom stereocenters. The number of benzene rings is 2. The zero-order valence-corrected chi connectivity index (χ0v) is 23.8. The van der Waals surface area contributed by atoms with Crippen LogP contribution in [0, 0.1) is 5.92 Å². The number of likely N-dealkylation sites (tertiary alicyclic amines) is 1. The lowest BCUT2D eigenvalue weighted by Gasteiger charge is -2.29. The maximum Gasteiger partial charge on any atom is 0.236 e. The zero-order valence-electron chi connectivity index (χ0n) is 23.8. The first-order chi connectivity index (χ1) is 19.1. The normalized spacial score (nSPS) is 23.5. The minimum Gasteiger partial charge on any atom is -0.493 e. The fourth-order valence-electron chi connectivity index (χ4n) is 6.49. The molecule has 212 valence electrons. The number of methoxy groups -OCH3 is 2. The molecule has 3 atom stereocenters. The van der Waals surface area contributed by atoms with Crippen LogP contribution in [-0.4, -0.2) is 81.5 Å². The third-order valence-corrected chi connectivity index (χ3v) is 8.80. The fourth-order valence-corrected chi connectivity index (χ4v) is 6.49. The van der Waals surface area contributed by atoms with Gasteiger partial charge in [0, 0.05) is 51.2 Å². The van der Waals surface area contributed by atoms with Gasteiger partial charge in [-0.2, -0.15) is 0 Å². The summed E-state index contributed by atoms with van der Waals surface area (Å²) in [6, 6.07) is 14.5. The van der Waals surface area contributed by atoms with E-state index in [0.717, 1.165) is 82.0 Å². The molecule has 3 aliphatic rings. The molecule has 39 heavy (non-hydrogen) atoms. The Bertz CT molecular complexity index is 1120. The fraction of sp³-hybridized carbons (Fsp3) is 0.594. The maximum absolute atomic E-state index is 13.7. The van der Waals surface area contributed by atoms with Gasteiger partial charge in [-0.05, 0) is 60.9 Å². The van der Waals surface area contributed by atoms with Crippen LogP contribution in [0.25, 0.3) is 0 Å². The third-order valence-electron chi connectivity index (χ3n) is 8.80. The van der Waals surface area contributed by atoms with Gasteiger partial charge in [0.2, 0.25) is 5.91 Å². The van der Waals surface area contributed by atoms with E-state index >= 15 is 0 Å². The molecule has 2 aliphatic heterocycles. The number of carbonyl (C=O) groups excluding carboxylic acids is 1. The highest BCUT2D eigenvalue weighted by Crippen LogP contribution is 2.58. The van der Waals surface area contributed by atoms with E-state index in [-0.39, 0.29) is 11.4 Å². The van der Waals surface area contributed by atoms with E-state index in [2.05, 4.69) is 34.9 Å². The van der Waals surface area contributed by atoms with Crippen LogP contribution < -0.4 is 14.2 Å². The SMILES string of the molecule is CCCCN(CCCOC)C(=O)CN1C[C@H](c2ccc3c(c2)CCO3)CC12CC2COc1ccccc1OC. The van der Waals surface area contributed by atoms with Crippen LogP contribution >= 0.6 is 0 Å². The van der Waals surface area contributed by atoms with Crippen LogP contribution in [-0.2, 0) is 16.0 Å². The summed E-state index contributed by atoms with van der Waals surface area (Å²) in [4.78, 5) is 18.2. The smallest absolute Gasteiger partial charge is 0.236 e. The molecule has 1 amide bonds. The van der Waals surface area contributed by atoms with Crippen molar-refractivity contribution in [2.75, 3.05) is 60.2 Å². The molecule has 7 heteroatoms. The number of fused-ring (bicyclic) bond motifs is 1. The van der Waals surface area contributed by atoms with Gasteiger partial charge in [0.25, 0.3) is 0 Å². The van der Waals surface area contributed by atoms with Crippen molar-refractivity contribution in [3.8, 4) is 17.2 Å². The summed E-state index contributed by atoms with van der Waals surface area (Å²) in [6.07, 6.45) is 6.06. The number of amides is 1. The summed E-state index contributed by atoms with van der Waals surface area (Å²) in [6.45, 7) is 7.18. The van der Waals surface area contributed by atoms with Crippen LogP contribution in [0.1, 0.15) is 56.1 Å². The first kappa shape index (κ1) is 27.8. The number of carbonyl (C=O) groups is 1. The molecule has 0 N–H and O–H groups in total. The highest BCUT2D eigenvalue weighted by Gasteiger charge is 2.62. The molecule has 5 rings (SSSR count). The van der Waals surface area contributed by atoms with Crippen LogP contribution in [0.2, 0.25) is 0 Å². The minimum atomic E-state index is 0.000806. The summed E-state index contributed by atoms with van der Waals surface area (Å²) >= 11 is 0. The van der Waals surface area contributed by atoms with Crippen LogP contribution in [0.15, 0.2) is 42.5 Å². The van der Waals surface area contributed by atoms with E-state index in [1.165, 1.54) is 11.1 Å². The molecule has 1 saturated heterocycles. The van der Waals surface area contributed by atoms with Gasteiger partial charge in [-0.3, -0.25) is 9.69 Å². The molecule has 7 nitrogen and oxygen atoms in total. The average molecular weight is 537 g/mol. The first-order valence-corrected chi connectivity index (χ1v) is 14.6. The molecule has 1 spiro atoms. The van der Waals surface area contributed by atoms with Gasteiger partial charge in [0.05, 0.1) is 26.9 Å². The van der Waals surface area contributed by atoms with Crippen LogP contribution in [0.5, 0.6) is 17.2 Å². The Hall–Kier alpha value is -2.77. The van der Waals surface area contributed by atoms with Crippen molar-refractivity contribution in [1.29, 1.82) is 0 Å². The Balaban J connectivity index is 1.31. The Kier molecular flexibility index (Phi) is 8.98. The zero-order chi connectivity index (χ0) is 27.2. The monoisotopic (exact) mass is 536 g/mol.